The normalized spacial score (nSPS) is 19.7. The maximum absolute atomic E-state index is 9.86. The number of nitriles is 1. The molecule has 2 aliphatic heterocycles. The molecule has 0 saturated carbocycles. The number of piperidine rings is 1. The zero-order valence-corrected chi connectivity index (χ0v) is 16.5. The molecule has 0 atom stereocenters. The third-order valence-electron chi connectivity index (χ3n) is 5.81. The van der Waals surface area contributed by atoms with Crippen molar-refractivity contribution in [3.8, 4) is 11.8 Å². The van der Waals surface area contributed by atoms with Gasteiger partial charge in [-0.3, -0.25) is 0 Å². The molecule has 0 unspecified atom stereocenters. The molecule has 136 valence electrons. The Hall–Kier alpha value is -2.10. The molecule has 0 bridgehead atoms. The summed E-state index contributed by atoms with van der Waals surface area (Å²) >= 11 is 1.67. The third-order valence-corrected chi connectivity index (χ3v) is 7.08. The minimum Gasteiger partial charge on any atom is -0.439 e. The zero-order chi connectivity index (χ0) is 18.6. The van der Waals surface area contributed by atoms with Crippen molar-refractivity contribution in [3.05, 3.63) is 33.7 Å². The molecule has 4 heterocycles. The number of likely N-dealkylation sites (tertiary alicyclic amines) is 1. The topological polar surface area (TPSA) is 75.2 Å². The lowest BCUT2D eigenvalue weighted by molar-refractivity contribution is 0.140. The summed E-state index contributed by atoms with van der Waals surface area (Å²) in [5, 5.41) is 10.9. The smallest absolute Gasteiger partial charge is 0.205 e. The average molecular weight is 369 g/mol. The van der Waals surface area contributed by atoms with Crippen LogP contribution in [0.5, 0.6) is 5.75 Å². The molecule has 0 aromatic carbocycles. The summed E-state index contributed by atoms with van der Waals surface area (Å²) in [6.07, 6.45) is 1.77. The summed E-state index contributed by atoms with van der Waals surface area (Å²) in [6, 6.07) is 4.95. The van der Waals surface area contributed by atoms with Crippen molar-refractivity contribution >= 4 is 21.6 Å². The van der Waals surface area contributed by atoms with Crippen molar-refractivity contribution in [1.82, 2.24) is 9.88 Å². The molecule has 5 nitrogen and oxygen atoms in total. The lowest BCUT2D eigenvalue weighted by Crippen LogP contribution is -2.47. The Morgan fingerprint density at radius 1 is 1.35 bits per heavy atom. The molecule has 0 aliphatic carbocycles. The van der Waals surface area contributed by atoms with Gasteiger partial charge >= 0.3 is 0 Å². The molecule has 1 saturated heterocycles. The van der Waals surface area contributed by atoms with E-state index in [1.54, 1.807) is 11.3 Å². The van der Waals surface area contributed by atoms with Crippen LogP contribution in [-0.4, -0.2) is 29.0 Å². The highest BCUT2D eigenvalue weighted by molar-refractivity contribution is 7.19. The molecule has 0 amide bonds. The molecule has 1 spiro atoms. The van der Waals surface area contributed by atoms with E-state index in [2.05, 4.69) is 37.8 Å². The van der Waals surface area contributed by atoms with Gasteiger partial charge < -0.3 is 15.4 Å². The first-order valence-electron chi connectivity index (χ1n) is 9.11. The van der Waals surface area contributed by atoms with Gasteiger partial charge in [0.1, 0.15) is 16.5 Å². The highest BCUT2D eigenvalue weighted by Gasteiger charge is 2.48. The van der Waals surface area contributed by atoms with E-state index in [1.807, 2.05) is 6.92 Å². The predicted molar refractivity (Wildman–Crippen MR) is 104 cm³/mol. The van der Waals surface area contributed by atoms with Crippen LogP contribution in [0.1, 0.15) is 42.8 Å². The Labute approximate surface area is 158 Å². The van der Waals surface area contributed by atoms with E-state index in [-0.39, 0.29) is 11.3 Å². The van der Waals surface area contributed by atoms with E-state index < -0.39 is 0 Å². The molecule has 26 heavy (non-hydrogen) atoms. The van der Waals surface area contributed by atoms with Gasteiger partial charge in [0, 0.05) is 11.7 Å². The fourth-order valence-electron chi connectivity index (χ4n) is 4.39. The summed E-state index contributed by atoms with van der Waals surface area (Å²) in [5.41, 5.74) is 8.63. The Kier molecular flexibility index (Phi) is 3.98. The van der Waals surface area contributed by atoms with Gasteiger partial charge in [-0.2, -0.15) is 5.26 Å². The highest BCUT2D eigenvalue weighted by Crippen LogP contribution is 2.55. The number of ether oxygens (including phenoxy) is 1. The second kappa shape index (κ2) is 5.97. The van der Waals surface area contributed by atoms with Crippen LogP contribution in [0.4, 0.5) is 0 Å². The van der Waals surface area contributed by atoms with E-state index in [1.165, 1.54) is 0 Å². The largest absolute Gasteiger partial charge is 0.439 e. The Morgan fingerprint density at radius 2 is 2.04 bits per heavy atom. The molecule has 1 fully saturated rings. The van der Waals surface area contributed by atoms with Crippen LogP contribution in [-0.2, 0) is 5.41 Å². The number of nitrogens with zero attached hydrogens (tertiary/aromatic N) is 3. The van der Waals surface area contributed by atoms with Gasteiger partial charge in [-0.1, -0.05) is 0 Å². The number of rotatable bonds is 1. The van der Waals surface area contributed by atoms with Crippen LogP contribution in [0.2, 0.25) is 0 Å². The summed E-state index contributed by atoms with van der Waals surface area (Å²) in [4.78, 5) is 9.29. The maximum atomic E-state index is 9.86. The molecule has 2 N–H and O–H groups in total. The van der Waals surface area contributed by atoms with E-state index in [9.17, 15) is 5.26 Å². The van der Waals surface area contributed by atoms with Crippen LogP contribution in [0.3, 0.4) is 0 Å². The second-order valence-corrected chi connectivity index (χ2v) is 8.69. The molecule has 4 rings (SSSR count). The number of aryl methyl sites for hydroxylation is 2. The van der Waals surface area contributed by atoms with Gasteiger partial charge in [0.05, 0.1) is 15.7 Å². The van der Waals surface area contributed by atoms with Crippen molar-refractivity contribution < 1.29 is 4.74 Å². The fraction of sp³-hybridized carbons (Fsp3) is 0.500. The summed E-state index contributed by atoms with van der Waals surface area (Å²) in [6.45, 7) is 10.4. The molecular formula is C20H24N4OS. The van der Waals surface area contributed by atoms with Crippen LogP contribution in [0.25, 0.3) is 10.2 Å². The number of nitrogens with two attached hydrogens (primary N) is 1. The molecule has 2 aromatic rings. The SMILES string of the molecule is Cc1cc(C)c2c3c(sc2n1)C1(CCN(C(C)C)CC1)C(C#N)=C(N)O3. The van der Waals surface area contributed by atoms with E-state index in [4.69, 9.17) is 15.5 Å². The number of fused-ring (bicyclic) bond motifs is 4. The van der Waals surface area contributed by atoms with Crippen molar-refractivity contribution in [1.29, 1.82) is 5.26 Å². The van der Waals surface area contributed by atoms with E-state index in [0.717, 1.165) is 58.0 Å². The molecule has 2 aromatic heterocycles. The Bertz CT molecular complexity index is 958. The highest BCUT2D eigenvalue weighted by atomic mass is 32.1. The van der Waals surface area contributed by atoms with Gasteiger partial charge in [0.2, 0.25) is 5.88 Å². The van der Waals surface area contributed by atoms with E-state index in [0.29, 0.717) is 11.6 Å². The van der Waals surface area contributed by atoms with Crippen molar-refractivity contribution in [2.75, 3.05) is 13.1 Å². The number of allylic oxidation sites excluding steroid dienone is 1. The second-order valence-electron chi connectivity index (χ2n) is 7.69. The third kappa shape index (κ3) is 2.34. The lowest BCUT2D eigenvalue weighted by atomic mass is 9.70. The minimum atomic E-state index is -0.344. The van der Waals surface area contributed by atoms with Crippen LogP contribution in [0, 0.1) is 25.2 Å². The van der Waals surface area contributed by atoms with Crippen molar-refractivity contribution in [2.24, 2.45) is 5.73 Å². The molecular weight excluding hydrogens is 344 g/mol. The van der Waals surface area contributed by atoms with Gasteiger partial charge in [-0.05, 0) is 65.3 Å². The summed E-state index contributed by atoms with van der Waals surface area (Å²) in [5.74, 6) is 1.09. The summed E-state index contributed by atoms with van der Waals surface area (Å²) in [7, 11) is 0. The Morgan fingerprint density at radius 3 is 2.65 bits per heavy atom. The zero-order valence-electron chi connectivity index (χ0n) is 15.7. The maximum Gasteiger partial charge on any atom is 0.205 e. The molecule has 2 aliphatic rings. The van der Waals surface area contributed by atoms with Crippen LogP contribution in [0.15, 0.2) is 17.5 Å². The van der Waals surface area contributed by atoms with Crippen molar-refractivity contribution in [3.63, 3.8) is 0 Å². The average Bonchev–Trinajstić information content (AvgIpc) is 2.94. The standard InChI is InChI=1S/C20H24N4OS/c1-11(2)24-7-5-20(6-8-24)14(10-21)18(22)25-16-15-12(3)9-13(4)23-19(15)26-17(16)20/h9,11H,5-8,22H2,1-4H3. The first-order valence-corrected chi connectivity index (χ1v) is 9.92. The first kappa shape index (κ1) is 17.3. The van der Waals surface area contributed by atoms with Gasteiger partial charge in [-0.25, -0.2) is 4.98 Å². The van der Waals surface area contributed by atoms with Gasteiger partial charge in [0.15, 0.2) is 5.75 Å². The predicted octanol–water partition coefficient (Wildman–Crippen LogP) is 3.74. The fourth-order valence-corrected chi connectivity index (χ4v) is 5.87. The Balaban J connectivity index is 1.92. The molecule has 0 radical (unpaired) electrons. The monoisotopic (exact) mass is 368 g/mol. The number of thiophene rings is 1. The quantitative estimate of drug-likeness (QED) is 0.830. The van der Waals surface area contributed by atoms with Crippen LogP contribution < -0.4 is 10.5 Å². The van der Waals surface area contributed by atoms with Crippen LogP contribution >= 0.6 is 11.3 Å². The van der Waals surface area contributed by atoms with Crippen molar-refractivity contribution in [2.45, 2.75) is 52.0 Å². The number of hydrogen-bond acceptors (Lipinski definition) is 6. The molecule has 6 heteroatoms. The first-order chi connectivity index (χ1) is 12.4. The summed E-state index contributed by atoms with van der Waals surface area (Å²) < 4.78 is 6.00. The number of hydrogen-bond donors (Lipinski definition) is 1. The number of pyridine rings is 1. The lowest BCUT2D eigenvalue weighted by Gasteiger charge is -2.44. The van der Waals surface area contributed by atoms with Gasteiger partial charge in [0.25, 0.3) is 0 Å². The van der Waals surface area contributed by atoms with Gasteiger partial charge in [-0.15, -0.1) is 11.3 Å². The number of aromatic nitrogens is 1. The van der Waals surface area contributed by atoms with E-state index >= 15 is 0 Å². The minimum absolute atomic E-state index is 0.262.